The molecule has 1 saturated carbocycles. The standard InChI is InChI=1S/C17H24N6O4S2/c1-10-15(11(2)27-21-10)29(25,26)22-7-3-4-12(9-22)16(24)18-8-14-19-20-17(28)23(14)13-5-6-13/h12-13H,3-9H2,1-2H3,(H,18,24)(H,20,28). The predicted molar refractivity (Wildman–Crippen MR) is 105 cm³/mol. The number of amides is 1. The lowest BCUT2D eigenvalue weighted by Crippen LogP contribution is -2.45. The number of nitrogens with one attached hydrogen (secondary N) is 2. The number of H-pyrrole nitrogens is 1. The summed E-state index contributed by atoms with van der Waals surface area (Å²) in [6.45, 7) is 3.94. The molecule has 1 unspecified atom stereocenters. The molecule has 1 atom stereocenters. The molecule has 10 nitrogen and oxygen atoms in total. The molecular weight excluding hydrogens is 416 g/mol. The molecule has 1 aliphatic carbocycles. The van der Waals surface area contributed by atoms with Crippen LogP contribution in [0.4, 0.5) is 0 Å². The van der Waals surface area contributed by atoms with Gasteiger partial charge in [0.1, 0.15) is 10.6 Å². The van der Waals surface area contributed by atoms with E-state index in [0.717, 1.165) is 12.8 Å². The van der Waals surface area contributed by atoms with Crippen LogP contribution in [0.1, 0.15) is 49.0 Å². The molecule has 2 aromatic rings. The van der Waals surface area contributed by atoms with Crippen molar-refractivity contribution in [2.45, 2.75) is 57.0 Å². The third-order valence-corrected chi connectivity index (χ3v) is 7.83. The number of carbonyl (C=O) groups is 1. The van der Waals surface area contributed by atoms with Gasteiger partial charge in [-0.25, -0.2) is 8.42 Å². The molecule has 29 heavy (non-hydrogen) atoms. The molecule has 3 heterocycles. The van der Waals surface area contributed by atoms with E-state index in [1.54, 1.807) is 13.8 Å². The minimum absolute atomic E-state index is 0.0959. The van der Waals surface area contributed by atoms with Crippen molar-refractivity contribution in [3.05, 3.63) is 22.0 Å². The third-order valence-electron chi connectivity index (χ3n) is 5.43. The number of carbonyl (C=O) groups excluding carboxylic acids is 1. The number of hydrogen-bond donors (Lipinski definition) is 2. The van der Waals surface area contributed by atoms with Crippen molar-refractivity contribution in [2.24, 2.45) is 5.92 Å². The zero-order valence-corrected chi connectivity index (χ0v) is 18.0. The van der Waals surface area contributed by atoms with Crippen LogP contribution in [0.3, 0.4) is 0 Å². The van der Waals surface area contributed by atoms with Crippen molar-refractivity contribution in [3.63, 3.8) is 0 Å². The summed E-state index contributed by atoms with van der Waals surface area (Å²) >= 11 is 5.26. The van der Waals surface area contributed by atoms with Gasteiger partial charge in [0.2, 0.25) is 15.9 Å². The maximum Gasteiger partial charge on any atom is 0.248 e. The number of sulfonamides is 1. The lowest BCUT2D eigenvalue weighted by molar-refractivity contribution is -0.126. The van der Waals surface area contributed by atoms with Gasteiger partial charge in [-0.2, -0.15) is 9.40 Å². The Morgan fingerprint density at radius 2 is 2.10 bits per heavy atom. The number of aromatic nitrogens is 4. The van der Waals surface area contributed by atoms with Crippen molar-refractivity contribution in [2.75, 3.05) is 13.1 Å². The van der Waals surface area contributed by atoms with E-state index < -0.39 is 15.9 Å². The monoisotopic (exact) mass is 440 g/mol. The Bertz CT molecular complexity index is 1060. The molecular formula is C17H24N6O4S2. The normalized spacial score (nSPS) is 20.7. The smallest absolute Gasteiger partial charge is 0.248 e. The fraction of sp³-hybridized carbons (Fsp3) is 0.647. The van der Waals surface area contributed by atoms with E-state index in [4.69, 9.17) is 16.7 Å². The van der Waals surface area contributed by atoms with Gasteiger partial charge in [-0.15, -0.1) is 0 Å². The van der Waals surface area contributed by atoms with Crippen LogP contribution in [-0.2, 0) is 21.4 Å². The van der Waals surface area contributed by atoms with Crippen LogP contribution in [0.2, 0.25) is 0 Å². The van der Waals surface area contributed by atoms with E-state index in [9.17, 15) is 13.2 Å². The highest BCUT2D eigenvalue weighted by Gasteiger charge is 2.36. The van der Waals surface area contributed by atoms with Crippen molar-refractivity contribution in [1.29, 1.82) is 0 Å². The van der Waals surface area contributed by atoms with Crippen LogP contribution >= 0.6 is 12.2 Å². The van der Waals surface area contributed by atoms with Gasteiger partial charge in [0.15, 0.2) is 16.4 Å². The fourth-order valence-corrected chi connectivity index (χ4v) is 5.94. The molecule has 2 N–H and O–H groups in total. The summed E-state index contributed by atoms with van der Waals surface area (Å²) in [5, 5.41) is 13.6. The van der Waals surface area contributed by atoms with Gasteiger partial charge < -0.3 is 9.84 Å². The molecule has 2 fully saturated rings. The predicted octanol–water partition coefficient (Wildman–Crippen LogP) is 1.60. The van der Waals surface area contributed by atoms with Crippen LogP contribution in [0, 0.1) is 24.5 Å². The maximum atomic E-state index is 13.0. The largest absolute Gasteiger partial charge is 0.360 e. The van der Waals surface area contributed by atoms with Crippen molar-refractivity contribution in [1.82, 2.24) is 29.5 Å². The van der Waals surface area contributed by atoms with E-state index >= 15 is 0 Å². The topological polar surface area (TPSA) is 126 Å². The summed E-state index contributed by atoms with van der Waals surface area (Å²) in [5.41, 5.74) is 0.331. The number of nitrogens with zero attached hydrogens (tertiary/aromatic N) is 4. The highest BCUT2D eigenvalue weighted by atomic mass is 32.2. The molecule has 1 aliphatic heterocycles. The van der Waals surface area contributed by atoms with E-state index in [1.807, 2.05) is 4.57 Å². The summed E-state index contributed by atoms with van der Waals surface area (Å²) in [6, 6.07) is 0.360. The first-order valence-corrected chi connectivity index (χ1v) is 11.5. The quantitative estimate of drug-likeness (QED) is 0.653. The van der Waals surface area contributed by atoms with Crippen molar-refractivity contribution >= 4 is 28.1 Å². The molecule has 2 aliphatic rings. The Labute approximate surface area is 173 Å². The maximum absolute atomic E-state index is 13.0. The molecule has 0 aromatic carbocycles. The highest BCUT2D eigenvalue weighted by molar-refractivity contribution is 7.89. The second-order valence-corrected chi connectivity index (χ2v) is 9.88. The molecule has 2 aromatic heterocycles. The Morgan fingerprint density at radius 3 is 2.76 bits per heavy atom. The van der Waals surface area contributed by atoms with Crippen LogP contribution in [0.25, 0.3) is 0 Å². The van der Waals surface area contributed by atoms with Crippen LogP contribution in [-0.4, -0.2) is 51.6 Å². The molecule has 12 heteroatoms. The number of aromatic amines is 1. The van der Waals surface area contributed by atoms with Gasteiger partial charge in [-0.1, -0.05) is 5.16 Å². The zero-order chi connectivity index (χ0) is 20.8. The Hall–Kier alpha value is -2.05. The minimum Gasteiger partial charge on any atom is -0.360 e. The molecule has 1 saturated heterocycles. The molecule has 0 spiro atoms. The summed E-state index contributed by atoms with van der Waals surface area (Å²) in [7, 11) is -3.76. The van der Waals surface area contributed by atoms with Crippen LogP contribution < -0.4 is 5.32 Å². The van der Waals surface area contributed by atoms with Crippen molar-refractivity contribution in [3.8, 4) is 0 Å². The first kappa shape index (κ1) is 20.2. The number of rotatable bonds is 6. The first-order chi connectivity index (χ1) is 13.8. The fourth-order valence-electron chi connectivity index (χ4n) is 3.83. The summed E-state index contributed by atoms with van der Waals surface area (Å²) in [4.78, 5) is 12.8. The van der Waals surface area contributed by atoms with Gasteiger partial charge in [-0.3, -0.25) is 14.5 Å². The van der Waals surface area contributed by atoms with Gasteiger partial charge in [0.25, 0.3) is 0 Å². The lowest BCUT2D eigenvalue weighted by atomic mass is 9.99. The number of piperidine rings is 1. The summed E-state index contributed by atoms with van der Waals surface area (Å²) in [5.74, 6) is 0.356. The van der Waals surface area contributed by atoms with E-state index in [-0.39, 0.29) is 29.7 Å². The van der Waals surface area contributed by atoms with Gasteiger partial charge in [0.05, 0.1) is 12.5 Å². The number of aryl methyl sites for hydroxylation is 2. The molecule has 158 valence electrons. The van der Waals surface area contributed by atoms with Crippen LogP contribution in [0.5, 0.6) is 0 Å². The van der Waals surface area contributed by atoms with Crippen molar-refractivity contribution < 1.29 is 17.7 Å². The van der Waals surface area contributed by atoms with E-state index in [1.165, 1.54) is 4.31 Å². The van der Waals surface area contributed by atoms with Gasteiger partial charge in [-0.05, 0) is 51.7 Å². The summed E-state index contributed by atoms with van der Waals surface area (Å²) < 4.78 is 34.9. The van der Waals surface area contributed by atoms with Crippen LogP contribution in [0.15, 0.2) is 9.42 Å². The Balaban J connectivity index is 1.43. The molecule has 0 bridgehead atoms. The van der Waals surface area contributed by atoms with E-state index in [0.29, 0.717) is 41.7 Å². The minimum atomic E-state index is -3.76. The second-order valence-electron chi connectivity index (χ2n) is 7.62. The SMILES string of the molecule is Cc1noc(C)c1S(=O)(=O)N1CCCC(C(=O)NCc2n[nH]c(=S)n2C2CC2)C1. The molecule has 0 radical (unpaired) electrons. The Morgan fingerprint density at radius 1 is 1.34 bits per heavy atom. The zero-order valence-electron chi connectivity index (χ0n) is 16.3. The average molecular weight is 441 g/mol. The van der Waals surface area contributed by atoms with Gasteiger partial charge >= 0.3 is 0 Å². The molecule has 4 rings (SSSR count). The Kier molecular flexibility index (Phi) is 5.34. The second kappa shape index (κ2) is 7.65. The van der Waals surface area contributed by atoms with Gasteiger partial charge in [0, 0.05) is 19.1 Å². The lowest BCUT2D eigenvalue weighted by Gasteiger charge is -2.31. The first-order valence-electron chi connectivity index (χ1n) is 9.65. The highest BCUT2D eigenvalue weighted by Crippen LogP contribution is 2.35. The summed E-state index contributed by atoms with van der Waals surface area (Å²) in [6.07, 6.45) is 3.37. The average Bonchev–Trinajstić information content (AvgIpc) is 3.37. The van der Waals surface area contributed by atoms with E-state index in [2.05, 4.69) is 20.7 Å². The number of hydrogen-bond acceptors (Lipinski definition) is 7. The molecule has 1 amide bonds. The third kappa shape index (κ3) is 3.88.